The number of halogens is 2. The summed E-state index contributed by atoms with van der Waals surface area (Å²) in [5.41, 5.74) is 3.08. The first kappa shape index (κ1) is 23.1. The molecule has 31 heavy (non-hydrogen) atoms. The van der Waals surface area contributed by atoms with Gasteiger partial charge in [0.05, 0.1) is 24.9 Å². The predicted molar refractivity (Wildman–Crippen MR) is 111 cm³/mol. The third-order valence-corrected chi connectivity index (χ3v) is 5.10. The molecule has 2 N–H and O–H groups in total. The zero-order chi connectivity index (χ0) is 22.6. The molecule has 7 nitrogen and oxygen atoms in total. The van der Waals surface area contributed by atoms with Crippen molar-refractivity contribution in [3.63, 3.8) is 0 Å². The number of aromatic nitrogens is 2. The molecule has 0 spiro atoms. The molecule has 2 aliphatic heterocycles. The molecule has 1 aromatic heterocycles. The SMILES string of the molecule is Cc1[nH]nc2c1CN(C1COCC(NC(=O)OC(C)(C)C)C1)C2.Fc1ccc(F)cc1. The van der Waals surface area contributed by atoms with E-state index in [1.165, 1.54) is 5.56 Å². The van der Waals surface area contributed by atoms with Crippen LogP contribution in [0.15, 0.2) is 24.3 Å². The summed E-state index contributed by atoms with van der Waals surface area (Å²) in [4.78, 5) is 14.3. The van der Waals surface area contributed by atoms with Gasteiger partial charge in [-0.3, -0.25) is 10.00 Å². The Hall–Kier alpha value is -2.52. The molecule has 0 bridgehead atoms. The van der Waals surface area contributed by atoms with Gasteiger partial charge in [-0.1, -0.05) is 0 Å². The Labute approximate surface area is 181 Å². The summed E-state index contributed by atoms with van der Waals surface area (Å²) in [5.74, 6) is -0.821. The summed E-state index contributed by atoms with van der Waals surface area (Å²) in [6.45, 7) is 10.6. The maximum Gasteiger partial charge on any atom is 0.407 e. The molecule has 9 heteroatoms. The Balaban J connectivity index is 0.000000287. The highest BCUT2D eigenvalue weighted by molar-refractivity contribution is 5.68. The molecule has 1 saturated heterocycles. The van der Waals surface area contributed by atoms with Gasteiger partial charge in [-0.2, -0.15) is 5.10 Å². The van der Waals surface area contributed by atoms with E-state index in [1.54, 1.807) is 0 Å². The largest absolute Gasteiger partial charge is 0.444 e. The average Bonchev–Trinajstić information content (AvgIpc) is 3.26. The quantitative estimate of drug-likeness (QED) is 0.751. The second-order valence-electron chi connectivity index (χ2n) is 8.89. The number of carbonyl (C=O) groups excluding carboxylic acids is 1. The van der Waals surface area contributed by atoms with Crippen LogP contribution >= 0.6 is 0 Å². The van der Waals surface area contributed by atoms with Gasteiger partial charge in [0.15, 0.2) is 0 Å². The van der Waals surface area contributed by atoms with Crippen LogP contribution in [-0.4, -0.2) is 52.1 Å². The van der Waals surface area contributed by atoms with Gasteiger partial charge >= 0.3 is 6.09 Å². The van der Waals surface area contributed by atoms with Gasteiger partial charge in [-0.05, 0) is 58.4 Å². The summed E-state index contributed by atoms with van der Waals surface area (Å²) in [6, 6.07) is 4.59. The van der Waals surface area contributed by atoms with Crippen LogP contribution in [0.2, 0.25) is 0 Å². The minimum atomic E-state index is -0.486. The van der Waals surface area contributed by atoms with Crippen molar-refractivity contribution < 1.29 is 23.0 Å². The topological polar surface area (TPSA) is 79.5 Å². The predicted octanol–water partition coefficient (Wildman–Crippen LogP) is 3.68. The summed E-state index contributed by atoms with van der Waals surface area (Å²) in [7, 11) is 0. The molecule has 1 amide bonds. The third-order valence-electron chi connectivity index (χ3n) is 5.10. The lowest BCUT2D eigenvalue weighted by Crippen LogP contribution is -2.50. The van der Waals surface area contributed by atoms with Crippen LogP contribution in [0.4, 0.5) is 13.6 Å². The van der Waals surface area contributed by atoms with Crippen molar-refractivity contribution >= 4 is 6.09 Å². The minimum absolute atomic E-state index is 0.0146. The number of hydrogen-bond donors (Lipinski definition) is 2. The van der Waals surface area contributed by atoms with E-state index < -0.39 is 17.2 Å². The Morgan fingerprint density at radius 3 is 2.42 bits per heavy atom. The van der Waals surface area contributed by atoms with Crippen molar-refractivity contribution in [1.29, 1.82) is 0 Å². The van der Waals surface area contributed by atoms with Crippen molar-refractivity contribution in [2.45, 2.75) is 64.9 Å². The number of amides is 1. The van der Waals surface area contributed by atoms with E-state index in [0.29, 0.717) is 13.2 Å². The third kappa shape index (κ3) is 6.73. The monoisotopic (exact) mass is 436 g/mol. The van der Waals surface area contributed by atoms with Crippen LogP contribution in [0, 0.1) is 18.6 Å². The van der Waals surface area contributed by atoms with Gasteiger partial charge in [0.1, 0.15) is 17.2 Å². The first-order valence-electron chi connectivity index (χ1n) is 10.4. The molecule has 0 saturated carbocycles. The number of fused-ring (bicyclic) bond motifs is 1. The maximum absolute atomic E-state index is 11.9. The Morgan fingerprint density at radius 1 is 1.19 bits per heavy atom. The summed E-state index contributed by atoms with van der Waals surface area (Å²) < 4.78 is 34.9. The fourth-order valence-corrected chi connectivity index (χ4v) is 3.62. The second kappa shape index (κ2) is 9.74. The van der Waals surface area contributed by atoms with Crippen LogP contribution in [0.25, 0.3) is 0 Å². The number of ether oxygens (including phenoxy) is 2. The summed E-state index contributed by atoms with van der Waals surface area (Å²) >= 11 is 0. The number of benzene rings is 1. The fourth-order valence-electron chi connectivity index (χ4n) is 3.62. The van der Waals surface area contributed by atoms with E-state index >= 15 is 0 Å². The number of alkyl carbamates (subject to hydrolysis) is 1. The van der Waals surface area contributed by atoms with Crippen LogP contribution < -0.4 is 5.32 Å². The number of aryl methyl sites for hydroxylation is 1. The van der Waals surface area contributed by atoms with E-state index in [9.17, 15) is 13.6 Å². The van der Waals surface area contributed by atoms with Gasteiger partial charge in [-0.15, -0.1) is 0 Å². The average molecular weight is 437 g/mol. The standard InChI is InChI=1S/C16H26N4O3.C6H4F2/c1-10-13-6-20(7-14(13)19-18-10)12-5-11(8-22-9-12)17-15(21)23-16(2,3)4;7-5-1-2-6(8)4-3-5/h11-12H,5-9H2,1-4H3,(H,17,21)(H,18,19);1-4H. The Kier molecular flexibility index (Phi) is 7.27. The number of rotatable bonds is 2. The van der Waals surface area contributed by atoms with Crippen molar-refractivity contribution in [2.75, 3.05) is 13.2 Å². The number of nitrogens with one attached hydrogen (secondary N) is 2. The van der Waals surface area contributed by atoms with E-state index in [-0.39, 0.29) is 18.2 Å². The lowest BCUT2D eigenvalue weighted by atomic mass is 10.0. The first-order valence-corrected chi connectivity index (χ1v) is 10.4. The van der Waals surface area contributed by atoms with E-state index in [2.05, 4.69) is 27.3 Å². The second-order valence-corrected chi connectivity index (χ2v) is 8.89. The maximum atomic E-state index is 11.9. The van der Waals surface area contributed by atoms with Crippen molar-refractivity contribution in [2.24, 2.45) is 0 Å². The van der Waals surface area contributed by atoms with Gasteiger partial charge in [0.2, 0.25) is 0 Å². The smallest absolute Gasteiger partial charge is 0.407 e. The molecule has 2 unspecified atom stereocenters. The molecule has 170 valence electrons. The molecule has 0 aliphatic carbocycles. The zero-order valence-corrected chi connectivity index (χ0v) is 18.4. The van der Waals surface area contributed by atoms with Crippen molar-refractivity contribution in [1.82, 2.24) is 20.4 Å². The van der Waals surface area contributed by atoms with Crippen molar-refractivity contribution in [3.8, 4) is 0 Å². The summed E-state index contributed by atoms with van der Waals surface area (Å²) in [5, 5.41) is 10.3. The number of H-pyrrole nitrogens is 1. The molecule has 0 radical (unpaired) electrons. The van der Waals surface area contributed by atoms with E-state index in [0.717, 1.165) is 55.2 Å². The minimum Gasteiger partial charge on any atom is -0.444 e. The van der Waals surface area contributed by atoms with Crippen LogP contribution in [-0.2, 0) is 22.6 Å². The van der Waals surface area contributed by atoms with E-state index in [4.69, 9.17) is 9.47 Å². The van der Waals surface area contributed by atoms with Gasteiger partial charge in [0, 0.05) is 30.4 Å². The first-order chi connectivity index (χ1) is 14.6. The lowest BCUT2D eigenvalue weighted by Gasteiger charge is -2.35. The number of carbonyl (C=O) groups is 1. The number of aromatic amines is 1. The number of hydrogen-bond acceptors (Lipinski definition) is 5. The van der Waals surface area contributed by atoms with Crippen LogP contribution in [0.3, 0.4) is 0 Å². The normalized spacial score (nSPS) is 21.1. The molecule has 2 aliphatic rings. The molecule has 2 atom stereocenters. The Bertz CT molecular complexity index is 859. The molecule has 4 rings (SSSR count). The molecule has 1 fully saturated rings. The highest BCUT2D eigenvalue weighted by Gasteiger charge is 2.34. The Morgan fingerprint density at radius 2 is 1.84 bits per heavy atom. The van der Waals surface area contributed by atoms with Gasteiger partial charge < -0.3 is 14.8 Å². The molecule has 3 heterocycles. The molecular weight excluding hydrogens is 406 g/mol. The highest BCUT2D eigenvalue weighted by atomic mass is 19.1. The molecular formula is C22H30F2N4O3. The summed E-state index contributed by atoms with van der Waals surface area (Å²) in [6.07, 6.45) is 0.490. The zero-order valence-electron chi connectivity index (χ0n) is 18.4. The van der Waals surface area contributed by atoms with Crippen LogP contribution in [0.1, 0.15) is 44.1 Å². The molecule has 1 aromatic carbocycles. The number of nitrogens with zero attached hydrogens (tertiary/aromatic N) is 2. The van der Waals surface area contributed by atoms with Gasteiger partial charge in [-0.25, -0.2) is 13.6 Å². The fraction of sp³-hybridized carbons (Fsp3) is 0.545. The van der Waals surface area contributed by atoms with Crippen LogP contribution in [0.5, 0.6) is 0 Å². The lowest BCUT2D eigenvalue weighted by molar-refractivity contribution is -0.00815. The van der Waals surface area contributed by atoms with Gasteiger partial charge in [0.25, 0.3) is 0 Å². The van der Waals surface area contributed by atoms with Crippen molar-refractivity contribution in [3.05, 3.63) is 52.9 Å². The highest BCUT2D eigenvalue weighted by Crippen LogP contribution is 2.28. The van der Waals surface area contributed by atoms with E-state index in [1.807, 2.05) is 20.8 Å². The molecule has 2 aromatic rings.